The molecule has 1 aliphatic heterocycles. The van der Waals surface area contributed by atoms with E-state index in [1.165, 1.54) is 0 Å². The molecule has 1 aliphatic rings. The maximum Gasteiger partial charge on any atom is 0.318 e. The van der Waals surface area contributed by atoms with Crippen molar-refractivity contribution < 1.29 is 27.9 Å². The van der Waals surface area contributed by atoms with Crippen molar-refractivity contribution in [2.75, 3.05) is 39.0 Å². The summed E-state index contributed by atoms with van der Waals surface area (Å²) in [5, 5.41) is 8.88. The summed E-state index contributed by atoms with van der Waals surface area (Å²) in [6, 6.07) is 9.69. The first-order chi connectivity index (χ1) is 12.3. The first kappa shape index (κ1) is 20.3. The Morgan fingerprint density at radius 1 is 1.31 bits per heavy atom. The molecule has 0 spiro atoms. The fourth-order valence-electron chi connectivity index (χ4n) is 2.81. The van der Waals surface area contributed by atoms with E-state index in [0.29, 0.717) is 26.0 Å². The van der Waals surface area contributed by atoms with Gasteiger partial charge in [-0.25, -0.2) is 8.42 Å². The van der Waals surface area contributed by atoms with Gasteiger partial charge in [-0.15, -0.1) is 0 Å². The Morgan fingerprint density at radius 2 is 2.00 bits per heavy atom. The van der Waals surface area contributed by atoms with Crippen LogP contribution in [0.2, 0.25) is 0 Å². The zero-order chi connectivity index (χ0) is 19.2. The third kappa shape index (κ3) is 6.40. The third-order valence-corrected chi connectivity index (χ3v) is 5.37. The molecule has 2 rings (SSSR count). The SMILES string of the molecule is CS(=O)(=O)N(CC(=O)O)CC1CN(C(=O)CCc2ccccc2)CCO1. The van der Waals surface area contributed by atoms with Crippen molar-refractivity contribution in [3.8, 4) is 0 Å². The Morgan fingerprint density at radius 3 is 2.62 bits per heavy atom. The number of carboxylic acid groups (broad SMARTS) is 1. The number of rotatable bonds is 8. The van der Waals surface area contributed by atoms with E-state index in [1.807, 2.05) is 30.3 Å². The highest BCUT2D eigenvalue weighted by molar-refractivity contribution is 7.88. The molecule has 1 N–H and O–H groups in total. The number of hydrogen-bond acceptors (Lipinski definition) is 5. The molecule has 0 aliphatic carbocycles. The van der Waals surface area contributed by atoms with Crippen LogP contribution < -0.4 is 0 Å². The molecule has 26 heavy (non-hydrogen) atoms. The molecule has 1 amide bonds. The van der Waals surface area contributed by atoms with Crippen molar-refractivity contribution in [2.45, 2.75) is 18.9 Å². The number of morpholine rings is 1. The molecule has 0 radical (unpaired) electrons. The predicted molar refractivity (Wildman–Crippen MR) is 95.1 cm³/mol. The van der Waals surface area contributed by atoms with Gasteiger partial charge in [-0.1, -0.05) is 30.3 Å². The predicted octanol–water partition coefficient (Wildman–Crippen LogP) is 0.193. The number of hydrogen-bond donors (Lipinski definition) is 1. The average Bonchev–Trinajstić information content (AvgIpc) is 2.59. The van der Waals surface area contributed by atoms with Crippen LogP contribution >= 0.6 is 0 Å². The highest BCUT2D eigenvalue weighted by Crippen LogP contribution is 2.12. The van der Waals surface area contributed by atoms with Crippen LogP contribution in [-0.4, -0.2) is 79.8 Å². The number of aliphatic carboxylic acids is 1. The maximum atomic E-state index is 12.4. The van der Waals surface area contributed by atoms with E-state index in [9.17, 15) is 18.0 Å². The number of carbonyl (C=O) groups excluding carboxylic acids is 1. The standard InChI is InChI=1S/C17H24N2O6S/c1-26(23,24)19(13-17(21)22)12-15-11-18(9-10-25-15)16(20)8-7-14-5-3-2-4-6-14/h2-6,15H,7-13H2,1H3,(H,21,22). The van der Waals surface area contributed by atoms with E-state index in [4.69, 9.17) is 9.84 Å². The van der Waals surface area contributed by atoms with Crippen molar-refractivity contribution in [3.05, 3.63) is 35.9 Å². The lowest BCUT2D eigenvalue weighted by Crippen LogP contribution is -2.51. The molecule has 1 fully saturated rings. The molecular formula is C17H24N2O6S. The number of carbonyl (C=O) groups is 2. The Balaban J connectivity index is 1.90. The van der Waals surface area contributed by atoms with Crippen LogP contribution in [0.4, 0.5) is 0 Å². The van der Waals surface area contributed by atoms with Crippen LogP contribution in [0.5, 0.6) is 0 Å². The lowest BCUT2D eigenvalue weighted by molar-refractivity contribution is -0.141. The maximum absolute atomic E-state index is 12.4. The molecule has 1 heterocycles. The minimum Gasteiger partial charge on any atom is -0.480 e. The highest BCUT2D eigenvalue weighted by Gasteiger charge is 2.29. The normalized spacial score (nSPS) is 18.1. The molecule has 1 aromatic rings. The lowest BCUT2D eigenvalue weighted by atomic mass is 10.1. The lowest BCUT2D eigenvalue weighted by Gasteiger charge is -2.35. The summed E-state index contributed by atoms with van der Waals surface area (Å²) in [5.74, 6) is -1.26. The number of carboxylic acids is 1. The topological polar surface area (TPSA) is 104 Å². The van der Waals surface area contributed by atoms with E-state index in [2.05, 4.69) is 0 Å². The molecule has 9 heteroatoms. The minimum atomic E-state index is -3.67. The van der Waals surface area contributed by atoms with Gasteiger partial charge in [-0.05, 0) is 12.0 Å². The second kappa shape index (κ2) is 9.11. The van der Waals surface area contributed by atoms with Crippen LogP contribution in [-0.2, 0) is 30.8 Å². The van der Waals surface area contributed by atoms with E-state index in [1.54, 1.807) is 4.90 Å². The minimum absolute atomic E-state index is 0.0220. The fourth-order valence-corrected chi connectivity index (χ4v) is 3.59. The van der Waals surface area contributed by atoms with Gasteiger partial charge in [0.05, 0.1) is 19.0 Å². The molecule has 144 valence electrons. The molecule has 1 atom stereocenters. The number of benzene rings is 1. The summed E-state index contributed by atoms with van der Waals surface area (Å²) in [4.78, 5) is 25.0. The van der Waals surface area contributed by atoms with Crippen LogP contribution in [0.25, 0.3) is 0 Å². The monoisotopic (exact) mass is 384 g/mol. The number of nitrogens with zero attached hydrogens (tertiary/aromatic N) is 2. The molecule has 1 aromatic carbocycles. The molecule has 0 saturated carbocycles. The van der Waals surface area contributed by atoms with Crippen molar-refractivity contribution in [1.29, 1.82) is 0 Å². The fraction of sp³-hybridized carbons (Fsp3) is 0.529. The van der Waals surface area contributed by atoms with Gasteiger partial charge < -0.3 is 14.7 Å². The second-order valence-electron chi connectivity index (χ2n) is 6.27. The first-order valence-corrected chi connectivity index (χ1v) is 10.2. The van der Waals surface area contributed by atoms with E-state index in [-0.39, 0.29) is 19.0 Å². The van der Waals surface area contributed by atoms with Gasteiger partial charge in [0.2, 0.25) is 15.9 Å². The summed E-state index contributed by atoms with van der Waals surface area (Å²) in [5.41, 5.74) is 1.08. The molecule has 0 aromatic heterocycles. The van der Waals surface area contributed by atoms with Crippen LogP contribution in [0.1, 0.15) is 12.0 Å². The van der Waals surface area contributed by atoms with Gasteiger partial charge in [-0.2, -0.15) is 4.31 Å². The number of ether oxygens (including phenoxy) is 1. The molecule has 1 unspecified atom stereocenters. The molecule has 8 nitrogen and oxygen atoms in total. The Kier molecular flexibility index (Phi) is 7.13. The van der Waals surface area contributed by atoms with Gasteiger partial charge in [0.15, 0.2) is 0 Å². The summed E-state index contributed by atoms with van der Waals surface area (Å²) >= 11 is 0. The van der Waals surface area contributed by atoms with Gasteiger partial charge in [0, 0.05) is 26.1 Å². The second-order valence-corrected chi connectivity index (χ2v) is 8.25. The Labute approximate surface area is 153 Å². The van der Waals surface area contributed by atoms with Crippen molar-refractivity contribution in [2.24, 2.45) is 0 Å². The van der Waals surface area contributed by atoms with Gasteiger partial charge in [-0.3, -0.25) is 9.59 Å². The summed E-state index contributed by atoms with van der Waals surface area (Å²) in [6.45, 7) is 0.280. The molecule has 0 bridgehead atoms. The number of amides is 1. The van der Waals surface area contributed by atoms with Gasteiger partial charge in [0.25, 0.3) is 0 Å². The average molecular weight is 384 g/mol. The number of sulfonamides is 1. The Bertz CT molecular complexity index is 722. The summed E-state index contributed by atoms with van der Waals surface area (Å²) < 4.78 is 29.9. The highest BCUT2D eigenvalue weighted by atomic mass is 32.2. The molecular weight excluding hydrogens is 360 g/mol. The van der Waals surface area contributed by atoms with Gasteiger partial charge in [0.1, 0.15) is 6.54 Å². The van der Waals surface area contributed by atoms with E-state index >= 15 is 0 Å². The van der Waals surface area contributed by atoms with Crippen molar-refractivity contribution in [1.82, 2.24) is 9.21 Å². The zero-order valence-electron chi connectivity index (χ0n) is 14.7. The molecule has 1 saturated heterocycles. The third-order valence-electron chi connectivity index (χ3n) is 4.15. The van der Waals surface area contributed by atoms with Crippen LogP contribution in [0, 0.1) is 0 Å². The Hall–Kier alpha value is -1.97. The quantitative estimate of drug-likeness (QED) is 0.686. The smallest absolute Gasteiger partial charge is 0.318 e. The van der Waals surface area contributed by atoms with Crippen LogP contribution in [0.3, 0.4) is 0 Å². The summed E-state index contributed by atoms with van der Waals surface area (Å²) in [6.07, 6.45) is 1.41. The van der Waals surface area contributed by atoms with Gasteiger partial charge >= 0.3 is 5.97 Å². The summed E-state index contributed by atoms with van der Waals surface area (Å²) in [7, 11) is -3.67. The van der Waals surface area contributed by atoms with Crippen molar-refractivity contribution in [3.63, 3.8) is 0 Å². The van der Waals surface area contributed by atoms with E-state index < -0.39 is 28.6 Å². The number of aryl methyl sites for hydroxylation is 1. The first-order valence-electron chi connectivity index (χ1n) is 8.36. The largest absolute Gasteiger partial charge is 0.480 e. The van der Waals surface area contributed by atoms with Crippen molar-refractivity contribution >= 4 is 21.9 Å². The van der Waals surface area contributed by atoms with E-state index in [0.717, 1.165) is 16.1 Å². The zero-order valence-corrected chi connectivity index (χ0v) is 15.5. The van der Waals surface area contributed by atoms with Crippen LogP contribution in [0.15, 0.2) is 30.3 Å².